The van der Waals surface area contributed by atoms with Crippen LogP contribution in [-0.2, 0) is 21.7 Å². The summed E-state index contributed by atoms with van der Waals surface area (Å²) in [6, 6.07) is 0. The Bertz CT molecular complexity index is 8.04. The molecule has 0 aliphatic rings. The zero-order valence-electron chi connectivity index (χ0n) is 3.39. The minimum absolute atomic E-state index is 0. The summed E-state index contributed by atoms with van der Waals surface area (Å²) < 4.78 is 0. The SMILES string of the molecule is [F-].[F-].[F-].[F-].[F-].[NH4+].[Ti+4]. The van der Waals surface area contributed by atoms with Crippen molar-refractivity contribution in [1.82, 2.24) is 6.15 Å². The van der Waals surface area contributed by atoms with Gasteiger partial charge in [0.1, 0.15) is 0 Å². The van der Waals surface area contributed by atoms with Crippen LogP contribution in [0.5, 0.6) is 0 Å². The molecule has 0 fully saturated rings. The van der Waals surface area contributed by atoms with Crippen LogP contribution in [0.2, 0.25) is 0 Å². The Morgan fingerprint density at radius 1 is 0.429 bits per heavy atom. The molecular formula is H4F5NTi. The van der Waals surface area contributed by atoms with Crippen LogP contribution in [0.25, 0.3) is 0 Å². The summed E-state index contributed by atoms with van der Waals surface area (Å²) in [7, 11) is 0. The Morgan fingerprint density at radius 2 is 0.429 bits per heavy atom. The van der Waals surface area contributed by atoms with Gasteiger partial charge in [-0.15, -0.1) is 0 Å². The molecule has 0 aromatic carbocycles. The van der Waals surface area contributed by atoms with E-state index in [1.165, 1.54) is 0 Å². The van der Waals surface area contributed by atoms with E-state index in [1.54, 1.807) is 0 Å². The number of quaternary nitrogens is 1. The molecule has 0 amide bonds. The maximum Gasteiger partial charge on any atom is 4.00 e. The predicted molar refractivity (Wildman–Crippen MR) is 5.98 cm³/mol. The Hall–Kier alpha value is 0.324. The third-order valence-corrected chi connectivity index (χ3v) is 0. The van der Waals surface area contributed by atoms with Crippen molar-refractivity contribution >= 4 is 0 Å². The molecule has 48 valence electrons. The molecule has 1 nitrogen and oxygen atoms in total. The number of hydrogen-bond donors (Lipinski definition) is 1. The van der Waals surface area contributed by atoms with E-state index < -0.39 is 0 Å². The average molecular weight is 161 g/mol. The van der Waals surface area contributed by atoms with Crippen LogP contribution in [0.1, 0.15) is 0 Å². The molecule has 0 heterocycles. The second kappa shape index (κ2) is 1700. The summed E-state index contributed by atoms with van der Waals surface area (Å²) >= 11 is 0. The molecule has 0 rings (SSSR count). The van der Waals surface area contributed by atoms with E-state index in [0.29, 0.717) is 0 Å². The van der Waals surface area contributed by atoms with Crippen molar-refractivity contribution in [2.24, 2.45) is 0 Å². The van der Waals surface area contributed by atoms with Crippen LogP contribution in [0, 0.1) is 0 Å². The quantitative estimate of drug-likeness (QED) is 0.270. The molecular weight excluding hydrogens is 157 g/mol. The van der Waals surface area contributed by atoms with Crippen molar-refractivity contribution in [1.29, 1.82) is 0 Å². The van der Waals surface area contributed by atoms with Gasteiger partial charge in [-0.1, -0.05) is 0 Å². The molecule has 4 N–H and O–H groups in total. The van der Waals surface area contributed by atoms with E-state index >= 15 is 0 Å². The Balaban J connectivity index is 0. The fraction of sp³-hybridized carbons (Fsp3) is 0. The van der Waals surface area contributed by atoms with Crippen LogP contribution in [-0.4, -0.2) is 0 Å². The largest absolute Gasteiger partial charge is 4.00 e. The van der Waals surface area contributed by atoms with Crippen LogP contribution in [0.15, 0.2) is 0 Å². The molecule has 0 aromatic rings. The molecule has 0 aliphatic carbocycles. The number of hydrogen-bond acceptors (Lipinski definition) is 0. The first-order chi connectivity index (χ1) is 0. The molecule has 0 unspecified atom stereocenters. The first kappa shape index (κ1) is 2790. The van der Waals surface area contributed by atoms with Crippen LogP contribution >= 0.6 is 0 Å². The second-order valence-corrected chi connectivity index (χ2v) is 0. The molecule has 0 saturated heterocycles. The summed E-state index contributed by atoms with van der Waals surface area (Å²) in [5, 5.41) is 0. The molecule has 0 saturated carbocycles. The van der Waals surface area contributed by atoms with Crippen LogP contribution < -0.4 is 29.7 Å². The average Bonchev–Trinajstić information content (AvgIpc) is 0. The normalized spacial score (nSPS) is 0. The minimum Gasteiger partial charge on any atom is -1.00 e. The maximum absolute atomic E-state index is 0. The Morgan fingerprint density at radius 3 is 0.429 bits per heavy atom. The standard InChI is InChI=1S/5FH.H3N.Ti/h5*1H;1H3;/q;;;;;;+4/p-4. The summed E-state index contributed by atoms with van der Waals surface area (Å²) in [6.45, 7) is 0. The van der Waals surface area contributed by atoms with Gasteiger partial charge in [-0.25, -0.2) is 0 Å². The summed E-state index contributed by atoms with van der Waals surface area (Å²) in [5.74, 6) is 0. The predicted octanol–water partition coefficient (Wildman–Crippen LogP) is -14.6. The van der Waals surface area contributed by atoms with E-state index in [9.17, 15) is 0 Å². The monoisotopic (exact) mass is 161 g/mol. The van der Waals surface area contributed by atoms with Gasteiger partial charge in [-0.05, 0) is 0 Å². The van der Waals surface area contributed by atoms with Gasteiger partial charge in [-0.3, -0.25) is 0 Å². The van der Waals surface area contributed by atoms with Gasteiger partial charge in [0.2, 0.25) is 0 Å². The zero-order valence-corrected chi connectivity index (χ0v) is 4.95. The minimum atomic E-state index is 0. The molecule has 7 heavy (non-hydrogen) atoms. The van der Waals surface area contributed by atoms with E-state index in [0.717, 1.165) is 0 Å². The molecule has 0 radical (unpaired) electrons. The van der Waals surface area contributed by atoms with E-state index in [1.807, 2.05) is 0 Å². The van der Waals surface area contributed by atoms with Crippen molar-refractivity contribution in [2.75, 3.05) is 0 Å². The van der Waals surface area contributed by atoms with Crippen LogP contribution in [0.3, 0.4) is 0 Å². The first-order valence-corrected chi connectivity index (χ1v) is 0. The topological polar surface area (TPSA) is 36.5 Å². The van der Waals surface area contributed by atoms with E-state index in [4.69, 9.17) is 0 Å². The number of halogens is 5. The molecule has 0 bridgehead atoms. The number of rotatable bonds is 0. The smallest absolute Gasteiger partial charge is 1.00 e. The molecule has 7 heteroatoms. The maximum atomic E-state index is 0. The summed E-state index contributed by atoms with van der Waals surface area (Å²) in [6.07, 6.45) is 0. The summed E-state index contributed by atoms with van der Waals surface area (Å²) in [4.78, 5) is 0. The van der Waals surface area contributed by atoms with E-state index in [-0.39, 0.29) is 51.4 Å². The van der Waals surface area contributed by atoms with Gasteiger partial charge in [-0.2, -0.15) is 0 Å². The van der Waals surface area contributed by atoms with Gasteiger partial charge in [0.05, 0.1) is 0 Å². The van der Waals surface area contributed by atoms with Crippen molar-refractivity contribution in [3.05, 3.63) is 0 Å². The Labute approximate surface area is 52.2 Å². The molecule has 0 aliphatic heterocycles. The molecule has 0 aromatic heterocycles. The van der Waals surface area contributed by atoms with Gasteiger partial charge in [0.25, 0.3) is 0 Å². The molecule has 0 atom stereocenters. The second-order valence-electron chi connectivity index (χ2n) is 0. The first-order valence-electron chi connectivity index (χ1n) is 0. The van der Waals surface area contributed by atoms with Gasteiger partial charge < -0.3 is 29.7 Å². The van der Waals surface area contributed by atoms with Crippen molar-refractivity contribution in [2.45, 2.75) is 0 Å². The van der Waals surface area contributed by atoms with Crippen molar-refractivity contribution < 1.29 is 45.2 Å². The van der Waals surface area contributed by atoms with Gasteiger partial charge in [0.15, 0.2) is 0 Å². The zero-order chi connectivity index (χ0) is 0. The fourth-order valence-corrected chi connectivity index (χ4v) is 0. The fourth-order valence-electron chi connectivity index (χ4n) is 0. The van der Waals surface area contributed by atoms with Crippen molar-refractivity contribution in [3.63, 3.8) is 0 Å². The third kappa shape index (κ3) is 1120. The van der Waals surface area contributed by atoms with Gasteiger partial charge in [0, 0.05) is 0 Å². The van der Waals surface area contributed by atoms with Gasteiger partial charge >= 0.3 is 21.7 Å². The van der Waals surface area contributed by atoms with Crippen molar-refractivity contribution in [3.8, 4) is 0 Å². The summed E-state index contributed by atoms with van der Waals surface area (Å²) in [5.41, 5.74) is 0. The van der Waals surface area contributed by atoms with Crippen LogP contribution in [0.4, 0.5) is 0 Å². The third-order valence-electron chi connectivity index (χ3n) is 0. The van der Waals surface area contributed by atoms with E-state index in [2.05, 4.69) is 0 Å². The Kier molecular flexibility index (Phi) is 678000. The molecule has 0 spiro atoms.